The van der Waals surface area contributed by atoms with Gasteiger partial charge in [-0.3, -0.25) is 0 Å². The lowest BCUT2D eigenvalue weighted by Crippen LogP contribution is -2.25. The topological polar surface area (TPSA) is 3.24 Å². The molecule has 0 aromatic carbocycles. The van der Waals surface area contributed by atoms with Gasteiger partial charge in [0.2, 0.25) is 0 Å². The molecule has 0 aliphatic carbocycles. The molecule has 1 nitrogen and oxygen atoms in total. The molecule has 4 heteroatoms. The number of thioether (sulfide) groups is 1. The summed E-state index contributed by atoms with van der Waals surface area (Å²) in [6.45, 7) is 8.00. The van der Waals surface area contributed by atoms with Crippen LogP contribution in [0.25, 0.3) is 0 Å². The van der Waals surface area contributed by atoms with Crippen molar-refractivity contribution in [3.8, 4) is 0 Å². The third-order valence-corrected chi connectivity index (χ3v) is 5.11. The van der Waals surface area contributed by atoms with Crippen LogP contribution in [0.2, 0.25) is 0 Å². The van der Waals surface area contributed by atoms with Gasteiger partial charge in [0.05, 0.1) is 3.79 Å². The van der Waals surface area contributed by atoms with Crippen LogP contribution in [-0.4, -0.2) is 30.3 Å². The number of hydrogen-bond acceptors (Lipinski definition) is 3. The Kier molecular flexibility index (Phi) is 6.97. The number of rotatable bonds is 7. The molecule has 0 saturated carbocycles. The molecule has 0 aliphatic heterocycles. The van der Waals surface area contributed by atoms with Crippen molar-refractivity contribution in [3.05, 3.63) is 20.8 Å². The molecule has 0 amide bonds. The van der Waals surface area contributed by atoms with Gasteiger partial charge >= 0.3 is 0 Å². The summed E-state index contributed by atoms with van der Waals surface area (Å²) < 4.78 is 1.24. The molecule has 0 aliphatic rings. The van der Waals surface area contributed by atoms with Crippen LogP contribution in [0.15, 0.2) is 15.9 Å². The highest BCUT2D eigenvalue weighted by Gasteiger charge is 2.00. The largest absolute Gasteiger partial charge is 0.303 e. The molecule has 1 aromatic rings. The average Bonchev–Trinajstić information content (AvgIpc) is 2.65. The minimum absolute atomic E-state index is 1.15. The van der Waals surface area contributed by atoms with Crippen LogP contribution >= 0.6 is 39.0 Å². The molecule has 0 spiro atoms. The maximum Gasteiger partial charge on any atom is 0.0701 e. The van der Waals surface area contributed by atoms with E-state index in [4.69, 9.17) is 0 Å². The summed E-state index contributed by atoms with van der Waals surface area (Å²) in [5, 5.41) is 0. The van der Waals surface area contributed by atoms with E-state index in [1.807, 2.05) is 23.1 Å². The first-order valence-electron chi connectivity index (χ1n) is 5.30. The first-order valence-corrected chi connectivity index (χ1v) is 8.07. The predicted octanol–water partition coefficient (Wildman–Crippen LogP) is 4.09. The number of thiophene rings is 1. The maximum absolute atomic E-state index is 3.49. The highest BCUT2D eigenvalue weighted by atomic mass is 79.9. The average molecular weight is 308 g/mol. The van der Waals surface area contributed by atoms with E-state index >= 15 is 0 Å². The van der Waals surface area contributed by atoms with E-state index in [0.717, 1.165) is 5.75 Å². The smallest absolute Gasteiger partial charge is 0.0701 e. The molecule has 1 heterocycles. The van der Waals surface area contributed by atoms with Gasteiger partial charge in [-0.15, -0.1) is 11.3 Å². The number of hydrogen-bond donors (Lipinski definition) is 0. The summed E-state index contributed by atoms with van der Waals surface area (Å²) in [4.78, 5) is 3.93. The van der Waals surface area contributed by atoms with Crippen LogP contribution < -0.4 is 0 Å². The zero-order valence-corrected chi connectivity index (χ0v) is 12.6. The van der Waals surface area contributed by atoms with E-state index < -0.39 is 0 Å². The van der Waals surface area contributed by atoms with Gasteiger partial charge in [-0.05, 0) is 41.2 Å². The SMILES string of the molecule is CCN(CC)CCSCc1ccc(Br)s1. The lowest BCUT2D eigenvalue weighted by molar-refractivity contribution is 0.324. The van der Waals surface area contributed by atoms with Gasteiger partial charge in [-0.1, -0.05) is 13.8 Å². The summed E-state index contributed by atoms with van der Waals surface area (Å²) in [5.41, 5.74) is 0. The highest BCUT2D eigenvalue weighted by molar-refractivity contribution is 9.11. The summed E-state index contributed by atoms with van der Waals surface area (Å²) in [5.74, 6) is 2.38. The van der Waals surface area contributed by atoms with Crippen molar-refractivity contribution in [1.29, 1.82) is 0 Å². The molecule has 0 atom stereocenters. The predicted molar refractivity (Wildman–Crippen MR) is 76.0 cm³/mol. The van der Waals surface area contributed by atoms with Gasteiger partial charge in [0.1, 0.15) is 0 Å². The van der Waals surface area contributed by atoms with E-state index in [1.54, 1.807) is 0 Å². The molecule has 0 bridgehead atoms. The van der Waals surface area contributed by atoms with Crippen molar-refractivity contribution in [2.24, 2.45) is 0 Å². The van der Waals surface area contributed by atoms with Crippen molar-refractivity contribution in [2.75, 3.05) is 25.4 Å². The summed E-state index contributed by atoms with van der Waals surface area (Å²) >= 11 is 7.35. The van der Waals surface area contributed by atoms with Gasteiger partial charge in [0.15, 0.2) is 0 Å². The van der Waals surface area contributed by atoms with E-state index in [2.05, 4.69) is 46.8 Å². The second kappa shape index (κ2) is 7.71. The lowest BCUT2D eigenvalue weighted by Gasteiger charge is -2.17. The van der Waals surface area contributed by atoms with Gasteiger partial charge in [0, 0.05) is 22.9 Å². The van der Waals surface area contributed by atoms with E-state index in [0.29, 0.717) is 0 Å². The van der Waals surface area contributed by atoms with Crippen LogP contribution in [0.1, 0.15) is 18.7 Å². The third kappa shape index (κ3) is 5.38. The van der Waals surface area contributed by atoms with Crippen molar-refractivity contribution in [2.45, 2.75) is 19.6 Å². The fourth-order valence-electron chi connectivity index (χ4n) is 1.34. The number of halogens is 1. The second-order valence-corrected chi connectivity index (χ2v) is 6.94. The standard InChI is InChI=1S/C11H18BrNS2/c1-3-13(4-2)7-8-14-9-10-5-6-11(12)15-10/h5-6H,3-4,7-9H2,1-2H3. The van der Waals surface area contributed by atoms with Crippen molar-refractivity contribution >= 4 is 39.0 Å². The fraction of sp³-hybridized carbons (Fsp3) is 0.636. The van der Waals surface area contributed by atoms with Crippen LogP contribution in [0.5, 0.6) is 0 Å². The normalized spacial score (nSPS) is 11.2. The minimum Gasteiger partial charge on any atom is -0.303 e. The van der Waals surface area contributed by atoms with E-state index in [9.17, 15) is 0 Å². The third-order valence-electron chi connectivity index (χ3n) is 2.32. The van der Waals surface area contributed by atoms with E-state index in [1.165, 1.54) is 34.1 Å². The fourth-order valence-corrected chi connectivity index (χ4v) is 3.93. The van der Waals surface area contributed by atoms with Gasteiger partial charge < -0.3 is 4.90 Å². The van der Waals surface area contributed by atoms with Gasteiger partial charge in [-0.2, -0.15) is 11.8 Å². The number of nitrogens with zero attached hydrogens (tertiary/aromatic N) is 1. The second-order valence-electron chi connectivity index (χ2n) is 3.29. The van der Waals surface area contributed by atoms with E-state index in [-0.39, 0.29) is 0 Å². The summed E-state index contributed by atoms with van der Waals surface area (Å²) in [6, 6.07) is 4.34. The zero-order chi connectivity index (χ0) is 11.1. The van der Waals surface area contributed by atoms with Crippen LogP contribution in [0.4, 0.5) is 0 Å². The molecule has 86 valence electrons. The van der Waals surface area contributed by atoms with Crippen molar-refractivity contribution in [3.63, 3.8) is 0 Å². The highest BCUT2D eigenvalue weighted by Crippen LogP contribution is 2.25. The van der Waals surface area contributed by atoms with Crippen LogP contribution in [0, 0.1) is 0 Å². The molecule has 0 unspecified atom stereocenters. The Labute approximate surface area is 109 Å². The Hall–Kier alpha value is 0.490. The molecule has 1 rings (SSSR count). The Morgan fingerprint density at radius 3 is 2.60 bits per heavy atom. The molecule has 0 saturated heterocycles. The molecule has 0 radical (unpaired) electrons. The summed E-state index contributed by atoms with van der Waals surface area (Å²) in [7, 11) is 0. The molecule has 0 fully saturated rings. The molecular weight excluding hydrogens is 290 g/mol. The first-order chi connectivity index (χ1) is 7.26. The quantitative estimate of drug-likeness (QED) is 0.698. The molecule has 15 heavy (non-hydrogen) atoms. The monoisotopic (exact) mass is 307 g/mol. The van der Waals surface area contributed by atoms with Crippen LogP contribution in [-0.2, 0) is 5.75 Å². The first kappa shape index (κ1) is 13.6. The summed E-state index contributed by atoms with van der Waals surface area (Å²) in [6.07, 6.45) is 0. The Balaban J connectivity index is 2.11. The Morgan fingerprint density at radius 2 is 2.07 bits per heavy atom. The maximum atomic E-state index is 3.49. The zero-order valence-electron chi connectivity index (χ0n) is 9.33. The molecular formula is C11H18BrNS2. The molecule has 0 N–H and O–H groups in total. The molecule has 1 aromatic heterocycles. The van der Waals surface area contributed by atoms with Gasteiger partial charge in [0.25, 0.3) is 0 Å². The Morgan fingerprint density at radius 1 is 1.33 bits per heavy atom. The van der Waals surface area contributed by atoms with Gasteiger partial charge in [-0.25, -0.2) is 0 Å². The minimum atomic E-state index is 1.15. The van der Waals surface area contributed by atoms with Crippen molar-refractivity contribution < 1.29 is 0 Å². The van der Waals surface area contributed by atoms with Crippen molar-refractivity contribution in [1.82, 2.24) is 4.90 Å². The lowest BCUT2D eigenvalue weighted by atomic mass is 10.5. The Bertz CT molecular complexity index is 271. The van der Waals surface area contributed by atoms with Crippen LogP contribution in [0.3, 0.4) is 0 Å².